The molecule has 8 heteroatoms. The monoisotopic (exact) mass is 269 g/mol. The Hall–Kier alpha value is -2.38. The first-order chi connectivity index (χ1) is 8.86. The van der Waals surface area contributed by atoms with Gasteiger partial charge in [-0.2, -0.15) is 0 Å². The van der Waals surface area contributed by atoms with Gasteiger partial charge in [0.1, 0.15) is 11.7 Å². The first-order valence-corrected chi connectivity index (χ1v) is 5.71. The summed E-state index contributed by atoms with van der Waals surface area (Å²) in [6.45, 7) is 1.80. The van der Waals surface area contributed by atoms with Crippen LogP contribution in [0.4, 0.5) is 5.69 Å². The van der Waals surface area contributed by atoms with Crippen molar-refractivity contribution in [3.63, 3.8) is 0 Å². The van der Waals surface area contributed by atoms with Crippen molar-refractivity contribution in [1.29, 1.82) is 0 Å². The van der Waals surface area contributed by atoms with E-state index in [1.807, 2.05) is 0 Å². The Bertz CT molecular complexity index is 508. The standard InChI is InChI=1S/C11H15N3O5/c1-3-4-8(11(16)17)12-10(15)9-5-7(14(18)19)6-13(9)2/h5-6,8H,3-4H2,1-2H3,(H,12,15)(H,16,17)/t8-/m1/s1. The minimum Gasteiger partial charge on any atom is -0.480 e. The van der Waals surface area contributed by atoms with Gasteiger partial charge < -0.3 is 15.0 Å². The number of nitrogens with one attached hydrogen (secondary N) is 1. The van der Waals surface area contributed by atoms with Gasteiger partial charge in [0.05, 0.1) is 11.1 Å². The second kappa shape index (κ2) is 5.98. The predicted molar refractivity (Wildman–Crippen MR) is 65.9 cm³/mol. The molecule has 0 unspecified atom stereocenters. The molecule has 104 valence electrons. The molecule has 1 heterocycles. The highest BCUT2D eigenvalue weighted by atomic mass is 16.6. The van der Waals surface area contributed by atoms with Crippen LogP contribution in [0.2, 0.25) is 0 Å². The summed E-state index contributed by atoms with van der Waals surface area (Å²) < 4.78 is 1.29. The SMILES string of the molecule is CCC[C@@H](NC(=O)c1cc([N+](=O)[O-])cn1C)C(=O)O. The molecule has 0 spiro atoms. The van der Waals surface area contributed by atoms with Gasteiger partial charge in [0.2, 0.25) is 0 Å². The van der Waals surface area contributed by atoms with E-state index >= 15 is 0 Å². The van der Waals surface area contributed by atoms with Crippen molar-refractivity contribution in [3.8, 4) is 0 Å². The van der Waals surface area contributed by atoms with Crippen molar-refractivity contribution in [3.05, 3.63) is 28.1 Å². The van der Waals surface area contributed by atoms with Crippen LogP contribution in [0.3, 0.4) is 0 Å². The molecular weight excluding hydrogens is 254 g/mol. The zero-order valence-corrected chi connectivity index (χ0v) is 10.6. The predicted octanol–water partition coefficient (Wildman–Crippen LogP) is 0.916. The summed E-state index contributed by atoms with van der Waals surface area (Å²) in [5.74, 6) is -1.77. The first kappa shape index (κ1) is 14.7. The fourth-order valence-electron chi connectivity index (χ4n) is 1.65. The number of carbonyl (C=O) groups excluding carboxylic acids is 1. The molecule has 2 N–H and O–H groups in total. The molecule has 0 aliphatic heterocycles. The lowest BCUT2D eigenvalue weighted by Gasteiger charge is -2.13. The van der Waals surface area contributed by atoms with Crippen molar-refractivity contribution in [1.82, 2.24) is 9.88 Å². The first-order valence-electron chi connectivity index (χ1n) is 5.71. The van der Waals surface area contributed by atoms with E-state index in [4.69, 9.17) is 5.11 Å². The minimum absolute atomic E-state index is 0.0500. The molecule has 0 saturated heterocycles. The van der Waals surface area contributed by atoms with E-state index in [9.17, 15) is 19.7 Å². The number of aliphatic carboxylic acids is 1. The highest BCUT2D eigenvalue weighted by molar-refractivity contribution is 5.96. The molecule has 1 rings (SSSR count). The zero-order valence-electron chi connectivity index (χ0n) is 10.6. The molecule has 0 fully saturated rings. The highest BCUT2D eigenvalue weighted by Crippen LogP contribution is 2.15. The summed E-state index contributed by atoms with van der Waals surface area (Å²) in [6.07, 6.45) is 2.10. The van der Waals surface area contributed by atoms with Crippen LogP contribution in [0, 0.1) is 10.1 Å². The number of nitro groups is 1. The summed E-state index contributed by atoms with van der Waals surface area (Å²) in [7, 11) is 1.48. The second-order valence-electron chi connectivity index (χ2n) is 4.10. The Balaban J connectivity index is 2.88. The van der Waals surface area contributed by atoms with Gasteiger partial charge in [-0.1, -0.05) is 13.3 Å². The van der Waals surface area contributed by atoms with Gasteiger partial charge in [-0.05, 0) is 6.42 Å². The van der Waals surface area contributed by atoms with Crippen LogP contribution in [0.1, 0.15) is 30.3 Å². The number of carbonyl (C=O) groups is 2. The molecule has 0 aromatic carbocycles. The third-order valence-electron chi connectivity index (χ3n) is 2.61. The number of aromatic nitrogens is 1. The molecule has 1 atom stereocenters. The molecule has 0 aliphatic carbocycles. The van der Waals surface area contributed by atoms with E-state index in [0.29, 0.717) is 12.8 Å². The summed E-state index contributed by atoms with van der Waals surface area (Å²) in [5, 5.41) is 21.9. The topological polar surface area (TPSA) is 114 Å². The maximum absolute atomic E-state index is 11.9. The molecule has 1 aromatic heterocycles. The molecule has 0 bridgehead atoms. The molecule has 1 aromatic rings. The Morgan fingerprint density at radius 1 is 1.58 bits per heavy atom. The number of aryl methyl sites for hydroxylation is 1. The van der Waals surface area contributed by atoms with E-state index in [2.05, 4.69) is 5.32 Å². The van der Waals surface area contributed by atoms with E-state index in [-0.39, 0.29) is 11.4 Å². The zero-order chi connectivity index (χ0) is 14.6. The quantitative estimate of drug-likeness (QED) is 0.588. The smallest absolute Gasteiger partial charge is 0.326 e. The fourth-order valence-corrected chi connectivity index (χ4v) is 1.65. The lowest BCUT2D eigenvalue weighted by atomic mass is 10.1. The Kier molecular flexibility index (Phi) is 4.62. The van der Waals surface area contributed by atoms with Crippen molar-refractivity contribution in [2.75, 3.05) is 0 Å². The van der Waals surface area contributed by atoms with Crippen LogP contribution in [-0.4, -0.2) is 32.5 Å². The van der Waals surface area contributed by atoms with Crippen LogP contribution in [0.25, 0.3) is 0 Å². The van der Waals surface area contributed by atoms with Crippen molar-refractivity contribution in [2.24, 2.45) is 7.05 Å². The third kappa shape index (κ3) is 3.54. The summed E-state index contributed by atoms with van der Waals surface area (Å²) >= 11 is 0. The molecule has 0 radical (unpaired) electrons. The lowest BCUT2D eigenvalue weighted by Crippen LogP contribution is -2.41. The number of hydrogen-bond donors (Lipinski definition) is 2. The summed E-state index contributed by atoms with van der Waals surface area (Å²) in [4.78, 5) is 32.8. The van der Waals surface area contributed by atoms with Gasteiger partial charge in [-0.15, -0.1) is 0 Å². The van der Waals surface area contributed by atoms with Crippen molar-refractivity contribution in [2.45, 2.75) is 25.8 Å². The number of carboxylic acid groups (broad SMARTS) is 1. The number of carboxylic acids is 1. The lowest BCUT2D eigenvalue weighted by molar-refractivity contribution is -0.384. The van der Waals surface area contributed by atoms with Crippen molar-refractivity contribution < 1.29 is 19.6 Å². The molecule has 1 amide bonds. The van der Waals surface area contributed by atoms with E-state index < -0.39 is 22.8 Å². The fraction of sp³-hybridized carbons (Fsp3) is 0.455. The average Bonchev–Trinajstić information content (AvgIpc) is 2.70. The maximum Gasteiger partial charge on any atom is 0.326 e. The average molecular weight is 269 g/mol. The number of rotatable bonds is 6. The van der Waals surface area contributed by atoms with E-state index in [1.54, 1.807) is 6.92 Å². The minimum atomic E-state index is -1.13. The van der Waals surface area contributed by atoms with E-state index in [1.165, 1.54) is 17.8 Å². The van der Waals surface area contributed by atoms with Gasteiger partial charge in [-0.3, -0.25) is 14.9 Å². The Labute approximate surface area is 109 Å². The van der Waals surface area contributed by atoms with E-state index in [0.717, 1.165) is 6.07 Å². The van der Waals surface area contributed by atoms with Gasteiger partial charge in [0, 0.05) is 13.1 Å². The van der Waals surface area contributed by atoms with Gasteiger partial charge in [0.25, 0.3) is 11.6 Å². The Morgan fingerprint density at radius 2 is 2.21 bits per heavy atom. The molecule has 8 nitrogen and oxygen atoms in total. The normalized spacial score (nSPS) is 11.9. The molecular formula is C11H15N3O5. The third-order valence-corrected chi connectivity index (χ3v) is 2.61. The molecule has 0 aliphatic rings. The van der Waals surface area contributed by atoms with Crippen LogP contribution in [-0.2, 0) is 11.8 Å². The summed E-state index contributed by atoms with van der Waals surface area (Å²) in [5.41, 5.74) is -0.163. The highest BCUT2D eigenvalue weighted by Gasteiger charge is 2.23. The van der Waals surface area contributed by atoms with Crippen LogP contribution >= 0.6 is 0 Å². The number of nitrogens with zero attached hydrogens (tertiary/aromatic N) is 2. The van der Waals surface area contributed by atoms with Crippen LogP contribution in [0.15, 0.2) is 12.3 Å². The molecule has 0 saturated carbocycles. The van der Waals surface area contributed by atoms with Gasteiger partial charge in [0.15, 0.2) is 0 Å². The largest absolute Gasteiger partial charge is 0.480 e. The molecule has 19 heavy (non-hydrogen) atoms. The number of hydrogen-bond acceptors (Lipinski definition) is 4. The summed E-state index contributed by atoms with van der Waals surface area (Å²) in [6, 6.07) is 0.117. The van der Waals surface area contributed by atoms with Gasteiger partial charge in [-0.25, -0.2) is 4.79 Å². The second-order valence-corrected chi connectivity index (χ2v) is 4.10. The maximum atomic E-state index is 11.9. The Morgan fingerprint density at radius 3 is 2.63 bits per heavy atom. The van der Waals surface area contributed by atoms with Gasteiger partial charge >= 0.3 is 5.97 Å². The van der Waals surface area contributed by atoms with Crippen LogP contribution < -0.4 is 5.32 Å². The number of amides is 1. The van der Waals surface area contributed by atoms with Crippen molar-refractivity contribution >= 4 is 17.6 Å². The van der Waals surface area contributed by atoms with Crippen LogP contribution in [0.5, 0.6) is 0 Å².